The van der Waals surface area contributed by atoms with Crippen LogP contribution in [0.5, 0.6) is 0 Å². The third-order valence-corrected chi connectivity index (χ3v) is 3.06. The molecule has 1 aliphatic carbocycles. The zero-order valence-corrected chi connectivity index (χ0v) is 7.66. The summed E-state index contributed by atoms with van der Waals surface area (Å²) in [5.41, 5.74) is 1.31. The van der Waals surface area contributed by atoms with Crippen molar-refractivity contribution in [3.63, 3.8) is 0 Å². The zero-order chi connectivity index (χ0) is 7.68. The average molecular weight is 167 g/mol. The number of thiazole rings is 1. The Kier molecular flexibility index (Phi) is 1.95. The average Bonchev–Trinajstić information content (AvgIpc) is 2.75. The molecule has 0 N–H and O–H groups in total. The Morgan fingerprint density at radius 2 is 2.45 bits per heavy atom. The van der Waals surface area contributed by atoms with Gasteiger partial charge >= 0.3 is 0 Å². The van der Waals surface area contributed by atoms with Crippen molar-refractivity contribution in [3.05, 3.63) is 16.1 Å². The van der Waals surface area contributed by atoms with Crippen molar-refractivity contribution in [1.82, 2.24) is 4.98 Å². The van der Waals surface area contributed by atoms with E-state index in [0.29, 0.717) is 0 Å². The van der Waals surface area contributed by atoms with Crippen LogP contribution in [0.4, 0.5) is 0 Å². The lowest BCUT2D eigenvalue weighted by Crippen LogP contribution is -1.83. The third kappa shape index (κ3) is 1.62. The van der Waals surface area contributed by atoms with Crippen molar-refractivity contribution in [2.24, 2.45) is 0 Å². The smallest absolute Gasteiger partial charge is 0.0959 e. The van der Waals surface area contributed by atoms with Crippen LogP contribution in [-0.2, 0) is 6.42 Å². The van der Waals surface area contributed by atoms with Crippen molar-refractivity contribution in [1.29, 1.82) is 0 Å². The Bertz CT molecular complexity index is 237. The van der Waals surface area contributed by atoms with E-state index in [1.807, 2.05) is 11.3 Å². The summed E-state index contributed by atoms with van der Waals surface area (Å²) < 4.78 is 0. The van der Waals surface area contributed by atoms with Crippen molar-refractivity contribution in [2.45, 2.75) is 38.5 Å². The second-order valence-electron chi connectivity index (χ2n) is 3.20. The molecule has 1 aromatic rings. The van der Waals surface area contributed by atoms with E-state index in [0.717, 1.165) is 12.3 Å². The first-order valence-corrected chi connectivity index (χ1v) is 5.22. The standard InChI is InChI=1S/C9H13NS/c1-2-3-8-6-11-9(10-8)7-4-5-7/h6-7H,2-5H2,1H3. The summed E-state index contributed by atoms with van der Waals surface area (Å²) in [5.74, 6) is 0.839. The zero-order valence-electron chi connectivity index (χ0n) is 6.84. The van der Waals surface area contributed by atoms with E-state index in [9.17, 15) is 0 Å². The Morgan fingerprint density at radius 3 is 3.09 bits per heavy atom. The molecule has 0 bridgehead atoms. The van der Waals surface area contributed by atoms with Crippen LogP contribution in [0, 0.1) is 0 Å². The molecule has 1 saturated carbocycles. The molecule has 0 radical (unpaired) electrons. The summed E-state index contributed by atoms with van der Waals surface area (Å²) in [6.07, 6.45) is 5.12. The van der Waals surface area contributed by atoms with Crippen LogP contribution >= 0.6 is 11.3 Å². The Balaban J connectivity index is 2.06. The van der Waals surface area contributed by atoms with Gasteiger partial charge in [0.1, 0.15) is 0 Å². The summed E-state index contributed by atoms with van der Waals surface area (Å²) in [6, 6.07) is 0. The molecule has 0 amide bonds. The predicted molar refractivity (Wildman–Crippen MR) is 48.1 cm³/mol. The molecule has 0 aliphatic heterocycles. The van der Waals surface area contributed by atoms with Gasteiger partial charge in [0.25, 0.3) is 0 Å². The predicted octanol–water partition coefficient (Wildman–Crippen LogP) is 2.97. The second kappa shape index (κ2) is 2.94. The highest BCUT2D eigenvalue weighted by Gasteiger charge is 2.26. The van der Waals surface area contributed by atoms with Gasteiger partial charge in [0.05, 0.1) is 10.7 Å². The molecule has 0 atom stereocenters. The van der Waals surface area contributed by atoms with Crippen molar-refractivity contribution >= 4 is 11.3 Å². The number of nitrogens with zero attached hydrogens (tertiary/aromatic N) is 1. The lowest BCUT2D eigenvalue weighted by molar-refractivity contribution is 0.879. The second-order valence-corrected chi connectivity index (χ2v) is 4.09. The summed E-state index contributed by atoms with van der Waals surface area (Å²) in [5, 5.41) is 3.60. The maximum atomic E-state index is 4.58. The highest BCUT2D eigenvalue weighted by molar-refractivity contribution is 7.09. The quantitative estimate of drug-likeness (QED) is 0.674. The maximum Gasteiger partial charge on any atom is 0.0959 e. The van der Waals surface area contributed by atoms with E-state index in [1.54, 1.807) is 0 Å². The van der Waals surface area contributed by atoms with E-state index in [4.69, 9.17) is 0 Å². The normalized spacial score (nSPS) is 17.2. The van der Waals surface area contributed by atoms with Gasteiger partial charge in [-0.15, -0.1) is 11.3 Å². The van der Waals surface area contributed by atoms with Gasteiger partial charge in [0, 0.05) is 11.3 Å². The van der Waals surface area contributed by atoms with E-state index >= 15 is 0 Å². The first kappa shape index (κ1) is 7.29. The van der Waals surface area contributed by atoms with Crippen LogP contribution < -0.4 is 0 Å². The van der Waals surface area contributed by atoms with Crippen molar-refractivity contribution in [3.8, 4) is 0 Å². The number of hydrogen-bond acceptors (Lipinski definition) is 2. The highest BCUT2D eigenvalue weighted by atomic mass is 32.1. The lowest BCUT2D eigenvalue weighted by atomic mass is 10.3. The van der Waals surface area contributed by atoms with Gasteiger partial charge in [-0.05, 0) is 19.3 Å². The first-order valence-electron chi connectivity index (χ1n) is 4.34. The van der Waals surface area contributed by atoms with Crippen molar-refractivity contribution < 1.29 is 0 Å². The summed E-state index contributed by atoms with van der Waals surface area (Å²) in [6.45, 7) is 2.20. The van der Waals surface area contributed by atoms with Crippen LogP contribution in [0.25, 0.3) is 0 Å². The van der Waals surface area contributed by atoms with Crippen LogP contribution in [0.2, 0.25) is 0 Å². The van der Waals surface area contributed by atoms with Gasteiger partial charge in [-0.2, -0.15) is 0 Å². The van der Waals surface area contributed by atoms with Crippen LogP contribution in [0.15, 0.2) is 5.38 Å². The van der Waals surface area contributed by atoms with Gasteiger partial charge in [-0.25, -0.2) is 4.98 Å². The van der Waals surface area contributed by atoms with E-state index in [-0.39, 0.29) is 0 Å². The Labute approximate surface area is 71.5 Å². The number of aryl methyl sites for hydroxylation is 1. The lowest BCUT2D eigenvalue weighted by Gasteiger charge is -1.88. The highest BCUT2D eigenvalue weighted by Crippen LogP contribution is 2.41. The Morgan fingerprint density at radius 1 is 1.64 bits per heavy atom. The monoisotopic (exact) mass is 167 g/mol. The van der Waals surface area contributed by atoms with E-state index < -0.39 is 0 Å². The molecule has 0 saturated heterocycles. The third-order valence-electron chi connectivity index (χ3n) is 2.00. The summed E-state index contributed by atoms with van der Waals surface area (Å²) in [4.78, 5) is 4.58. The topological polar surface area (TPSA) is 12.9 Å². The fraction of sp³-hybridized carbons (Fsp3) is 0.667. The molecular weight excluding hydrogens is 154 g/mol. The molecule has 1 aliphatic rings. The molecule has 60 valence electrons. The number of aromatic nitrogens is 1. The van der Waals surface area contributed by atoms with E-state index in [2.05, 4.69) is 17.3 Å². The fourth-order valence-electron chi connectivity index (χ4n) is 1.21. The van der Waals surface area contributed by atoms with Gasteiger partial charge in [0.15, 0.2) is 0 Å². The molecule has 0 unspecified atom stereocenters. The molecule has 1 fully saturated rings. The van der Waals surface area contributed by atoms with Gasteiger partial charge in [0.2, 0.25) is 0 Å². The van der Waals surface area contributed by atoms with E-state index in [1.165, 1.54) is 30.0 Å². The van der Waals surface area contributed by atoms with Gasteiger partial charge < -0.3 is 0 Å². The van der Waals surface area contributed by atoms with Crippen LogP contribution in [0.1, 0.15) is 42.8 Å². The molecule has 1 aromatic heterocycles. The molecular formula is C9H13NS. The first-order chi connectivity index (χ1) is 5.40. The summed E-state index contributed by atoms with van der Waals surface area (Å²) >= 11 is 1.85. The molecule has 1 nitrogen and oxygen atoms in total. The van der Waals surface area contributed by atoms with Gasteiger partial charge in [-0.1, -0.05) is 13.3 Å². The largest absolute Gasteiger partial charge is 0.246 e. The minimum absolute atomic E-state index is 0.839. The molecule has 2 rings (SSSR count). The molecule has 0 spiro atoms. The molecule has 11 heavy (non-hydrogen) atoms. The Hall–Kier alpha value is -0.370. The van der Waals surface area contributed by atoms with Gasteiger partial charge in [-0.3, -0.25) is 0 Å². The minimum Gasteiger partial charge on any atom is -0.246 e. The minimum atomic E-state index is 0.839. The number of rotatable bonds is 3. The molecule has 2 heteroatoms. The van der Waals surface area contributed by atoms with Crippen LogP contribution in [0.3, 0.4) is 0 Å². The van der Waals surface area contributed by atoms with Crippen molar-refractivity contribution in [2.75, 3.05) is 0 Å². The maximum absolute atomic E-state index is 4.58. The SMILES string of the molecule is CCCc1csc(C2CC2)n1. The summed E-state index contributed by atoms with van der Waals surface area (Å²) in [7, 11) is 0. The molecule has 0 aromatic carbocycles. The molecule has 1 heterocycles. The number of hydrogen-bond donors (Lipinski definition) is 0. The fourth-order valence-corrected chi connectivity index (χ4v) is 2.24. The van der Waals surface area contributed by atoms with Crippen LogP contribution in [-0.4, -0.2) is 4.98 Å².